The van der Waals surface area contributed by atoms with E-state index >= 15 is 0 Å². The van der Waals surface area contributed by atoms with Crippen LogP contribution in [0.15, 0.2) is 55.6 Å². The van der Waals surface area contributed by atoms with Crippen LogP contribution in [0.5, 0.6) is 5.75 Å². The van der Waals surface area contributed by atoms with Gasteiger partial charge in [-0.1, -0.05) is 30.4 Å². The van der Waals surface area contributed by atoms with E-state index in [1.54, 1.807) is 24.3 Å². The molecule has 2 heteroatoms. The molecule has 1 rings (SSSR count). The fourth-order valence-electron chi connectivity index (χ4n) is 1.38. The Kier molecular flexibility index (Phi) is 5.06. The lowest BCUT2D eigenvalue weighted by Gasteiger charge is -2.11. The number of hydrogen-bond donors (Lipinski definition) is 0. The van der Waals surface area contributed by atoms with Gasteiger partial charge < -0.3 is 4.74 Å². The van der Waals surface area contributed by atoms with Crippen molar-refractivity contribution in [3.63, 3.8) is 0 Å². The lowest BCUT2D eigenvalue weighted by molar-refractivity contribution is -0.138. The van der Waals surface area contributed by atoms with Gasteiger partial charge in [-0.25, -0.2) is 0 Å². The Labute approximate surface area is 96.2 Å². The maximum Gasteiger partial charge on any atom is 0.314 e. The Morgan fingerprint density at radius 2 is 1.75 bits per heavy atom. The van der Waals surface area contributed by atoms with Crippen LogP contribution in [-0.2, 0) is 4.79 Å². The molecule has 84 valence electrons. The van der Waals surface area contributed by atoms with Crippen molar-refractivity contribution in [3.05, 3.63) is 55.6 Å². The summed E-state index contributed by atoms with van der Waals surface area (Å²) < 4.78 is 5.25. The quantitative estimate of drug-likeness (QED) is 0.414. The molecule has 0 unspecified atom stereocenters. The Hall–Kier alpha value is -1.83. The second kappa shape index (κ2) is 6.62. The maximum atomic E-state index is 11.8. The van der Waals surface area contributed by atoms with E-state index in [4.69, 9.17) is 4.74 Å². The zero-order valence-corrected chi connectivity index (χ0v) is 9.26. The molecule has 0 aliphatic rings. The van der Waals surface area contributed by atoms with Gasteiger partial charge in [0.2, 0.25) is 0 Å². The molecule has 2 nitrogen and oxygen atoms in total. The molecule has 0 fully saturated rings. The number of hydrogen-bond acceptors (Lipinski definition) is 2. The van der Waals surface area contributed by atoms with Crippen molar-refractivity contribution >= 4 is 5.97 Å². The van der Waals surface area contributed by atoms with Crippen molar-refractivity contribution < 1.29 is 9.53 Å². The lowest BCUT2D eigenvalue weighted by atomic mass is 10.0. The minimum absolute atomic E-state index is 0.185. The number of carbonyl (C=O) groups excluding carboxylic acids is 1. The highest BCUT2D eigenvalue weighted by atomic mass is 16.5. The molecule has 0 amide bonds. The molecule has 0 saturated carbocycles. The summed E-state index contributed by atoms with van der Waals surface area (Å²) in [6.45, 7) is 7.26. The number of rotatable bonds is 6. The SMILES string of the molecule is C=CCC(CC=C)C(=O)Oc1ccccc1. The van der Waals surface area contributed by atoms with Crippen LogP contribution in [0.4, 0.5) is 0 Å². The zero-order valence-electron chi connectivity index (χ0n) is 9.26. The van der Waals surface area contributed by atoms with Crippen LogP contribution < -0.4 is 4.74 Å². The summed E-state index contributed by atoms with van der Waals surface area (Å²) in [4.78, 5) is 11.8. The first kappa shape index (κ1) is 12.2. The molecule has 0 heterocycles. The number of carbonyl (C=O) groups is 1. The lowest BCUT2D eigenvalue weighted by Crippen LogP contribution is -2.19. The predicted octanol–water partition coefficient (Wildman–Crippen LogP) is 3.36. The number of para-hydroxylation sites is 1. The summed E-state index contributed by atoms with van der Waals surface area (Å²) in [5.74, 6) is 0.159. The van der Waals surface area contributed by atoms with Gasteiger partial charge in [0.25, 0.3) is 0 Å². The van der Waals surface area contributed by atoms with Gasteiger partial charge in [0, 0.05) is 0 Å². The van der Waals surface area contributed by atoms with E-state index < -0.39 is 0 Å². The van der Waals surface area contributed by atoms with Crippen LogP contribution in [0.1, 0.15) is 12.8 Å². The predicted molar refractivity (Wildman–Crippen MR) is 65.2 cm³/mol. The number of allylic oxidation sites excluding steroid dienone is 2. The maximum absolute atomic E-state index is 11.8. The van der Waals surface area contributed by atoms with E-state index in [1.807, 2.05) is 18.2 Å². The van der Waals surface area contributed by atoms with Crippen molar-refractivity contribution in [2.45, 2.75) is 12.8 Å². The first-order chi connectivity index (χ1) is 7.77. The van der Waals surface area contributed by atoms with E-state index in [0.29, 0.717) is 18.6 Å². The van der Waals surface area contributed by atoms with Crippen LogP contribution in [-0.4, -0.2) is 5.97 Å². The summed E-state index contributed by atoms with van der Waals surface area (Å²) in [7, 11) is 0. The van der Waals surface area contributed by atoms with Gasteiger partial charge in [-0.05, 0) is 25.0 Å². The van der Waals surface area contributed by atoms with E-state index in [-0.39, 0.29) is 11.9 Å². The average molecular weight is 216 g/mol. The highest BCUT2D eigenvalue weighted by molar-refractivity contribution is 5.75. The van der Waals surface area contributed by atoms with Crippen LogP contribution in [0, 0.1) is 5.92 Å². The molecule has 1 aromatic rings. The molecule has 0 aliphatic heterocycles. The molecule has 0 radical (unpaired) electrons. The van der Waals surface area contributed by atoms with E-state index in [2.05, 4.69) is 13.2 Å². The second-order valence-electron chi connectivity index (χ2n) is 3.48. The number of esters is 1. The smallest absolute Gasteiger partial charge is 0.314 e. The fourth-order valence-corrected chi connectivity index (χ4v) is 1.38. The van der Waals surface area contributed by atoms with Gasteiger partial charge in [0.05, 0.1) is 5.92 Å². The molecule has 1 aromatic carbocycles. The molecule has 0 aromatic heterocycles. The zero-order chi connectivity index (χ0) is 11.8. The normalized spacial score (nSPS) is 9.81. The van der Waals surface area contributed by atoms with Gasteiger partial charge in [0.15, 0.2) is 0 Å². The monoisotopic (exact) mass is 216 g/mol. The standard InChI is InChI=1S/C14H16O2/c1-3-8-12(9-4-2)14(15)16-13-10-6-5-7-11-13/h3-7,10-12H,1-2,8-9H2. The van der Waals surface area contributed by atoms with Crippen molar-refractivity contribution in [1.82, 2.24) is 0 Å². The molecule has 0 spiro atoms. The molecule has 0 aliphatic carbocycles. The van der Waals surface area contributed by atoms with Gasteiger partial charge in [-0.3, -0.25) is 4.79 Å². The molecule has 0 saturated heterocycles. The van der Waals surface area contributed by atoms with Crippen molar-refractivity contribution in [2.24, 2.45) is 5.92 Å². The minimum Gasteiger partial charge on any atom is -0.426 e. The van der Waals surface area contributed by atoms with Crippen molar-refractivity contribution in [3.8, 4) is 5.75 Å². The molecular weight excluding hydrogens is 200 g/mol. The van der Waals surface area contributed by atoms with Crippen LogP contribution in [0.2, 0.25) is 0 Å². The highest BCUT2D eigenvalue weighted by Crippen LogP contribution is 2.16. The molecule has 16 heavy (non-hydrogen) atoms. The van der Waals surface area contributed by atoms with Crippen molar-refractivity contribution in [2.75, 3.05) is 0 Å². The van der Waals surface area contributed by atoms with Crippen LogP contribution >= 0.6 is 0 Å². The number of ether oxygens (including phenoxy) is 1. The largest absolute Gasteiger partial charge is 0.426 e. The van der Waals surface area contributed by atoms with Gasteiger partial charge in [-0.15, -0.1) is 13.2 Å². The summed E-state index contributed by atoms with van der Waals surface area (Å²) in [5, 5.41) is 0. The third-order valence-corrected chi connectivity index (χ3v) is 2.20. The van der Waals surface area contributed by atoms with Crippen molar-refractivity contribution in [1.29, 1.82) is 0 Å². The fraction of sp³-hybridized carbons (Fsp3) is 0.214. The van der Waals surface area contributed by atoms with Crippen LogP contribution in [0.25, 0.3) is 0 Å². The number of benzene rings is 1. The Bertz CT molecular complexity index is 344. The topological polar surface area (TPSA) is 26.3 Å². The van der Waals surface area contributed by atoms with Gasteiger partial charge in [-0.2, -0.15) is 0 Å². The Morgan fingerprint density at radius 3 is 2.25 bits per heavy atom. The Morgan fingerprint density at radius 1 is 1.19 bits per heavy atom. The summed E-state index contributed by atoms with van der Waals surface area (Å²) >= 11 is 0. The molecule has 0 N–H and O–H groups in total. The second-order valence-corrected chi connectivity index (χ2v) is 3.48. The molecule has 0 bridgehead atoms. The van der Waals surface area contributed by atoms with Gasteiger partial charge >= 0.3 is 5.97 Å². The first-order valence-electron chi connectivity index (χ1n) is 5.26. The molecule has 0 atom stereocenters. The van der Waals surface area contributed by atoms with E-state index in [0.717, 1.165) is 0 Å². The molecular formula is C14H16O2. The minimum atomic E-state index is -0.231. The average Bonchev–Trinajstić information content (AvgIpc) is 2.30. The van der Waals surface area contributed by atoms with E-state index in [1.165, 1.54) is 0 Å². The Balaban J connectivity index is 2.61. The summed E-state index contributed by atoms with van der Waals surface area (Å²) in [6, 6.07) is 9.06. The summed E-state index contributed by atoms with van der Waals surface area (Å²) in [5.41, 5.74) is 0. The highest BCUT2D eigenvalue weighted by Gasteiger charge is 2.17. The van der Waals surface area contributed by atoms with Gasteiger partial charge in [0.1, 0.15) is 5.75 Å². The summed E-state index contributed by atoms with van der Waals surface area (Å²) in [6.07, 6.45) is 4.66. The third-order valence-electron chi connectivity index (χ3n) is 2.20. The first-order valence-corrected chi connectivity index (χ1v) is 5.26. The van der Waals surface area contributed by atoms with E-state index in [9.17, 15) is 4.79 Å². The third kappa shape index (κ3) is 3.73. The van der Waals surface area contributed by atoms with Crippen LogP contribution in [0.3, 0.4) is 0 Å².